The molecule has 1 atom stereocenters. The van der Waals surface area contributed by atoms with E-state index < -0.39 is 0 Å². The highest BCUT2D eigenvalue weighted by Crippen LogP contribution is 2.30. The van der Waals surface area contributed by atoms with Gasteiger partial charge >= 0.3 is 0 Å². The summed E-state index contributed by atoms with van der Waals surface area (Å²) in [4.78, 5) is 12.3. The van der Waals surface area contributed by atoms with E-state index in [2.05, 4.69) is 24.4 Å². The van der Waals surface area contributed by atoms with Gasteiger partial charge in [-0.05, 0) is 24.8 Å². The molecule has 0 spiro atoms. The van der Waals surface area contributed by atoms with Crippen LogP contribution in [0.5, 0.6) is 0 Å². The van der Waals surface area contributed by atoms with Crippen molar-refractivity contribution in [2.45, 2.75) is 63.5 Å². The molecule has 1 aliphatic carbocycles. The van der Waals surface area contributed by atoms with Gasteiger partial charge in [0.15, 0.2) is 0 Å². The number of carbonyl (C=O) groups is 1. The first-order valence-electron chi connectivity index (χ1n) is 7.76. The molecule has 2 rings (SSSR count). The molecule has 1 aromatic rings. The first-order chi connectivity index (χ1) is 9.63. The molecule has 3 heteroatoms. The van der Waals surface area contributed by atoms with Crippen LogP contribution in [0, 0.1) is 0 Å². The molecule has 0 aliphatic heterocycles. The quantitative estimate of drug-likeness (QED) is 0.836. The molecule has 0 saturated heterocycles. The van der Waals surface area contributed by atoms with Gasteiger partial charge in [0.1, 0.15) is 0 Å². The standard InChI is InChI=1S/C17H26N2O/c1-2-8-15(14-9-4-3-5-10-14)19-16(20)13-17(18)11-6-7-12-17/h3-5,9-10,15H,2,6-8,11-13,18H2,1H3,(H,19,20). The van der Waals surface area contributed by atoms with Gasteiger partial charge in [0.05, 0.1) is 6.04 Å². The summed E-state index contributed by atoms with van der Waals surface area (Å²) in [6.45, 7) is 2.14. The summed E-state index contributed by atoms with van der Waals surface area (Å²) in [5.74, 6) is 0.0942. The van der Waals surface area contributed by atoms with Gasteiger partial charge in [-0.2, -0.15) is 0 Å². The van der Waals surface area contributed by atoms with Crippen molar-refractivity contribution in [2.75, 3.05) is 0 Å². The lowest BCUT2D eigenvalue weighted by Crippen LogP contribution is -2.42. The molecule has 0 heterocycles. The maximum Gasteiger partial charge on any atom is 0.222 e. The summed E-state index contributed by atoms with van der Waals surface area (Å²) in [7, 11) is 0. The Morgan fingerprint density at radius 1 is 1.30 bits per heavy atom. The molecule has 1 unspecified atom stereocenters. The molecule has 1 aliphatic rings. The fourth-order valence-electron chi connectivity index (χ4n) is 3.12. The molecular formula is C17H26N2O. The number of nitrogens with two attached hydrogens (primary N) is 1. The Morgan fingerprint density at radius 3 is 2.55 bits per heavy atom. The molecule has 3 nitrogen and oxygen atoms in total. The van der Waals surface area contributed by atoms with Crippen LogP contribution in [0.3, 0.4) is 0 Å². The Hall–Kier alpha value is -1.35. The molecule has 3 N–H and O–H groups in total. The minimum atomic E-state index is -0.266. The first-order valence-corrected chi connectivity index (χ1v) is 7.76. The van der Waals surface area contributed by atoms with Crippen LogP contribution >= 0.6 is 0 Å². The van der Waals surface area contributed by atoms with Crippen LogP contribution in [0.4, 0.5) is 0 Å². The Kier molecular flexibility index (Phi) is 5.18. The second-order valence-corrected chi connectivity index (χ2v) is 6.07. The van der Waals surface area contributed by atoms with E-state index in [1.807, 2.05) is 18.2 Å². The third-order valence-corrected chi connectivity index (χ3v) is 4.23. The smallest absolute Gasteiger partial charge is 0.222 e. The van der Waals surface area contributed by atoms with E-state index in [-0.39, 0.29) is 17.5 Å². The Balaban J connectivity index is 1.96. The monoisotopic (exact) mass is 274 g/mol. The summed E-state index contributed by atoms with van der Waals surface area (Å²) in [6, 6.07) is 10.3. The van der Waals surface area contributed by atoms with E-state index in [0.717, 1.165) is 38.5 Å². The molecular weight excluding hydrogens is 248 g/mol. The van der Waals surface area contributed by atoms with Crippen molar-refractivity contribution in [1.29, 1.82) is 0 Å². The normalized spacial score (nSPS) is 18.7. The largest absolute Gasteiger partial charge is 0.349 e. The molecule has 1 saturated carbocycles. The average molecular weight is 274 g/mol. The van der Waals surface area contributed by atoms with Crippen molar-refractivity contribution in [3.05, 3.63) is 35.9 Å². The van der Waals surface area contributed by atoms with E-state index in [9.17, 15) is 4.79 Å². The third-order valence-electron chi connectivity index (χ3n) is 4.23. The molecule has 0 radical (unpaired) electrons. The third kappa shape index (κ3) is 4.07. The fourth-order valence-corrected chi connectivity index (χ4v) is 3.12. The van der Waals surface area contributed by atoms with E-state index >= 15 is 0 Å². The van der Waals surface area contributed by atoms with E-state index in [4.69, 9.17) is 5.73 Å². The van der Waals surface area contributed by atoms with Gasteiger partial charge < -0.3 is 11.1 Å². The number of rotatable bonds is 6. The van der Waals surface area contributed by atoms with Crippen molar-refractivity contribution in [3.63, 3.8) is 0 Å². The van der Waals surface area contributed by atoms with Crippen LogP contribution < -0.4 is 11.1 Å². The first kappa shape index (κ1) is 15.0. The Labute approximate surface area is 121 Å². The average Bonchev–Trinajstić information content (AvgIpc) is 2.85. The van der Waals surface area contributed by atoms with Crippen LogP contribution in [0.2, 0.25) is 0 Å². The maximum atomic E-state index is 12.3. The minimum absolute atomic E-state index is 0.0942. The van der Waals surface area contributed by atoms with Crippen molar-refractivity contribution in [3.8, 4) is 0 Å². The van der Waals surface area contributed by atoms with Gasteiger partial charge in [-0.15, -0.1) is 0 Å². The van der Waals surface area contributed by atoms with Crippen molar-refractivity contribution < 1.29 is 4.79 Å². The molecule has 1 fully saturated rings. The van der Waals surface area contributed by atoms with Gasteiger partial charge in [0, 0.05) is 12.0 Å². The van der Waals surface area contributed by atoms with Crippen LogP contribution in [0.15, 0.2) is 30.3 Å². The van der Waals surface area contributed by atoms with E-state index in [1.54, 1.807) is 0 Å². The molecule has 1 amide bonds. The number of nitrogens with one attached hydrogen (secondary N) is 1. The highest BCUT2D eigenvalue weighted by Gasteiger charge is 2.32. The molecule has 0 aromatic heterocycles. The summed E-state index contributed by atoms with van der Waals surface area (Å²) >= 11 is 0. The van der Waals surface area contributed by atoms with E-state index in [1.165, 1.54) is 5.56 Å². The summed E-state index contributed by atoms with van der Waals surface area (Å²) in [5, 5.41) is 3.17. The number of carbonyl (C=O) groups excluding carboxylic acids is 1. The zero-order chi connectivity index (χ0) is 14.4. The summed E-state index contributed by atoms with van der Waals surface area (Å²) < 4.78 is 0. The summed E-state index contributed by atoms with van der Waals surface area (Å²) in [6.07, 6.45) is 6.73. The van der Waals surface area contributed by atoms with E-state index in [0.29, 0.717) is 6.42 Å². The maximum absolute atomic E-state index is 12.3. The lowest BCUT2D eigenvalue weighted by molar-refractivity contribution is -0.123. The lowest BCUT2D eigenvalue weighted by atomic mass is 9.93. The lowest BCUT2D eigenvalue weighted by Gasteiger charge is -2.25. The van der Waals surface area contributed by atoms with Crippen molar-refractivity contribution in [1.82, 2.24) is 5.32 Å². The number of hydrogen-bond acceptors (Lipinski definition) is 2. The topological polar surface area (TPSA) is 55.1 Å². The molecule has 0 bridgehead atoms. The minimum Gasteiger partial charge on any atom is -0.349 e. The predicted molar refractivity (Wildman–Crippen MR) is 82.2 cm³/mol. The summed E-state index contributed by atoms with van der Waals surface area (Å²) in [5.41, 5.74) is 7.20. The van der Waals surface area contributed by atoms with Gasteiger partial charge in [0.25, 0.3) is 0 Å². The number of benzene rings is 1. The number of amides is 1. The Bertz CT molecular complexity index is 424. The second kappa shape index (κ2) is 6.89. The predicted octanol–water partition coefficient (Wildman–Crippen LogP) is 3.31. The SMILES string of the molecule is CCCC(NC(=O)CC1(N)CCCC1)c1ccccc1. The molecule has 110 valence electrons. The van der Waals surface area contributed by atoms with Gasteiger partial charge in [-0.1, -0.05) is 56.5 Å². The van der Waals surface area contributed by atoms with Crippen LogP contribution in [0.1, 0.15) is 63.5 Å². The van der Waals surface area contributed by atoms with Crippen molar-refractivity contribution in [2.24, 2.45) is 5.73 Å². The van der Waals surface area contributed by atoms with Gasteiger partial charge in [-0.3, -0.25) is 4.79 Å². The van der Waals surface area contributed by atoms with Gasteiger partial charge in [-0.25, -0.2) is 0 Å². The molecule has 20 heavy (non-hydrogen) atoms. The fraction of sp³-hybridized carbons (Fsp3) is 0.588. The zero-order valence-corrected chi connectivity index (χ0v) is 12.4. The van der Waals surface area contributed by atoms with Crippen LogP contribution in [-0.4, -0.2) is 11.4 Å². The van der Waals surface area contributed by atoms with Crippen LogP contribution in [-0.2, 0) is 4.79 Å². The van der Waals surface area contributed by atoms with Crippen molar-refractivity contribution >= 4 is 5.91 Å². The highest BCUT2D eigenvalue weighted by atomic mass is 16.1. The highest BCUT2D eigenvalue weighted by molar-refractivity contribution is 5.77. The second-order valence-electron chi connectivity index (χ2n) is 6.07. The molecule has 1 aromatic carbocycles. The Morgan fingerprint density at radius 2 is 1.95 bits per heavy atom. The van der Waals surface area contributed by atoms with Crippen LogP contribution in [0.25, 0.3) is 0 Å². The zero-order valence-electron chi connectivity index (χ0n) is 12.4. The number of hydrogen-bond donors (Lipinski definition) is 2. The van der Waals surface area contributed by atoms with Gasteiger partial charge in [0.2, 0.25) is 5.91 Å².